The molecule has 0 saturated carbocycles. The van der Waals surface area contributed by atoms with Gasteiger partial charge in [0.25, 0.3) is 5.91 Å². The molecule has 1 amide bonds. The van der Waals surface area contributed by atoms with Crippen molar-refractivity contribution in [3.63, 3.8) is 0 Å². The number of aromatic nitrogens is 1. The monoisotopic (exact) mass is 526 g/mol. The third-order valence-corrected chi connectivity index (χ3v) is 4.81. The normalized spacial score (nSPS) is 10.5. The Morgan fingerprint density at radius 1 is 1.03 bits per heavy atom. The van der Waals surface area contributed by atoms with Crippen LogP contribution < -0.4 is 15.2 Å². The predicted octanol–water partition coefficient (Wildman–Crippen LogP) is 5.13. The lowest BCUT2D eigenvalue weighted by molar-refractivity contribution is -0.147. The van der Waals surface area contributed by atoms with Crippen molar-refractivity contribution in [2.75, 3.05) is 7.11 Å². The first kappa shape index (κ1) is 31.8. The van der Waals surface area contributed by atoms with Crippen LogP contribution in [0.4, 0.5) is 4.39 Å². The molecule has 2 aromatic carbocycles. The molecule has 1 heterocycles. The number of rotatable bonds is 7. The van der Waals surface area contributed by atoms with E-state index >= 15 is 0 Å². The van der Waals surface area contributed by atoms with Crippen LogP contribution in [0.15, 0.2) is 60.8 Å². The van der Waals surface area contributed by atoms with Gasteiger partial charge in [-0.1, -0.05) is 48.9 Å². The summed E-state index contributed by atoms with van der Waals surface area (Å²) >= 11 is 0. The largest absolute Gasteiger partial charge is 0.493 e. The minimum absolute atomic E-state index is 0.0415. The Labute approximate surface area is 222 Å². The third kappa shape index (κ3) is 12.1. The minimum Gasteiger partial charge on any atom is -0.493 e. The lowest BCUT2D eigenvalue weighted by atomic mass is 10.1. The van der Waals surface area contributed by atoms with Gasteiger partial charge in [0.05, 0.1) is 7.11 Å². The van der Waals surface area contributed by atoms with Crippen LogP contribution in [0.25, 0.3) is 0 Å². The number of hydrogen-bond donors (Lipinski definition) is 1. The summed E-state index contributed by atoms with van der Waals surface area (Å²) < 4.78 is 27.1. The highest BCUT2D eigenvalue weighted by atomic mass is 19.1. The molecule has 0 fully saturated rings. The molecule has 0 spiro atoms. The van der Waals surface area contributed by atoms with E-state index in [9.17, 15) is 18.8 Å². The molecule has 1 atom stereocenters. The van der Waals surface area contributed by atoms with Gasteiger partial charge >= 0.3 is 11.9 Å². The van der Waals surface area contributed by atoms with Gasteiger partial charge in [-0.25, -0.2) is 9.37 Å². The molecule has 0 aliphatic carbocycles. The molecule has 0 aliphatic heterocycles. The van der Waals surface area contributed by atoms with E-state index in [-0.39, 0.29) is 35.1 Å². The van der Waals surface area contributed by atoms with Crippen LogP contribution in [0.1, 0.15) is 54.4 Å². The van der Waals surface area contributed by atoms with Crippen LogP contribution in [-0.2, 0) is 20.7 Å². The Bertz CT molecular complexity index is 1180. The zero-order valence-electron chi connectivity index (χ0n) is 22.6. The SMILES string of the molecule is CCC(=O)OC(C)Cc1ccc(C)cc1.COc1ccnc(C(N)=O)c1OC(C)=O.Cc1cccc(F)c1. The summed E-state index contributed by atoms with van der Waals surface area (Å²) in [5.74, 6) is -1.48. The first-order valence-electron chi connectivity index (χ1n) is 11.9. The first-order valence-corrected chi connectivity index (χ1v) is 11.9. The molecule has 9 heteroatoms. The number of pyridine rings is 1. The maximum atomic E-state index is 12.2. The number of esters is 2. The lowest BCUT2D eigenvalue weighted by Crippen LogP contribution is -2.16. The van der Waals surface area contributed by atoms with E-state index in [4.69, 9.17) is 19.9 Å². The number of ether oxygens (including phenoxy) is 3. The molecule has 0 radical (unpaired) electrons. The summed E-state index contributed by atoms with van der Waals surface area (Å²) in [6, 6.07) is 16.3. The third-order valence-electron chi connectivity index (χ3n) is 4.81. The van der Waals surface area contributed by atoms with Crippen LogP contribution in [-0.4, -0.2) is 36.0 Å². The number of hydrogen-bond acceptors (Lipinski definition) is 7. The zero-order chi connectivity index (χ0) is 28.7. The van der Waals surface area contributed by atoms with E-state index in [1.54, 1.807) is 13.0 Å². The van der Waals surface area contributed by atoms with Gasteiger partial charge in [-0.05, 0) is 44.0 Å². The smallest absolute Gasteiger partial charge is 0.308 e. The molecule has 3 aromatic rings. The van der Waals surface area contributed by atoms with Crippen molar-refractivity contribution >= 4 is 17.8 Å². The van der Waals surface area contributed by atoms with Gasteiger partial charge in [0.2, 0.25) is 5.75 Å². The highest BCUT2D eigenvalue weighted by Crippen LogP contribution is 2.29. The average Bonchev–Trinajstić information content (AvgIpc) is 2.85. The Morgan fingerprint density at radius 3 is 2.16 bits per heavy atom. The molecule has 0 saturated heterocycles. The fourth-order valence-electron chi connectivity index (χ4n) is 3.02. The molecule has 0 aliphatic rings. The number of carbonyl (C=O) groups excluding carboxylic acids is 3. The number of nitrogens with two attached hydrogens (primary N) is 1. The Kier molecular flexibility index (Phi) is 13.8. The summed E-state index contributed by atoms with van der Waals surface area (Å²) in [7, 11) is 1.38. The van der Waals surface area contributed by atoms with Crippen molar-refractivity contribution in [1.29, 1.82) is 0 Å². The van der Waals surface area contributed by atoms with Crippen LogP contribution in [0.5, 0.6) is 11.5 Å². The summed E-state index contributed by atoms with van der Waals surface area (Å²) in [4.78, 5) is 36.5. The van der Waals surface area contributed by atoms with Crippen molar-refractivity contribution in [3.8, 4) is 11.5 Å². The van der Waals surface area contributed by atoms with Gasteiger partial charge in [0.15, 0.2) is 11.4 Å². The fraction of sp³-hybridized carbons (Fsp3) is 0.310. The van der Waals surface area contributed by atoms with Crippen molar-refractivity contribution in [2.24, 2.45) is 5.73 Å². The Hall–Kier alpha value is -4.27. The van der Waals surface area contributed by atoms with Gasteiger partial charge in [0.1, 0.15) is 11.9 Å². The number of primary amides is 1. The van der Waals surface area contributed by atoms with Crippen LogP contribution >= 0.6 is 0 Å². The molecule has 1 aromatic heterocycles. The second kappa shape index (κ2) is 16.5. The summed E-state index contributed by atoms with van der Waals surface area (Å²) in [6.45, 7) is 8.86. The van der Waals surface area contributed by atoms with Crippen LogP contribution in [0, 0.1) is 19.7 Å². The van der Waals surface area contributed by atoms with Gasteiger partial charge < -0.3 is 19.9 Å². The van der Waals surface area contributed by atoms with E-state index in [0.29, 0.717) is 6.42 Å². The number of methoxy groups -OCH3 is 1. The highest BCUT2D eigenvalue weighted by Gasteiger charge is 2.18. The van der Waals surface area contributed by atoms with E-state index in [0.717, 1.165) is 12.0 Å². The average molecular weight is 527 g/mol. The maximum Gasteiger partial charge on any atom is 0.308 e. The molecule has 38 heavy (non-hydrogen) atoms. The molecule has 1 unspecified atom stereocenters. The molecule has 2 N–H and O–H groups in total. The second-order valence-corrected chi connectivity index (χ2v) is 8.29. The highest BCUT2D eigenvalue weighted by molar-refractivity contribution is 5.95. The Balaban J connectivity index is 0.000000298. The Morgan fingerprint density at radius 2 is 1.68 bits per heavy atom. The van der Waals surface area contributed by atoms with Crippen molar-refractivity contribution in [2.45, 2.75) is 53.6 Å². The van der Waals surface area contributed by atoms with Crippen LogP contribution in [0.2, 0.25) is 0 Å². The van der Waals surface area contributed by atoms with E-state index in [1.807, 2.05) is 19.9 Å². The van der Waals surface area contributed by atoms with Gasteiger partial charge in [-0.15, -0.1) is 0 Å². The topological polar surface area (TPSA) is 118 Å². The number of halogens is 1. The van der Waals surface area contributed by atoms with Crippen LogP contribution in [0.3, 0.4) is 0 Å². The molecule has 0 bridgehead atoms. The van der Waals surface area contributed by atoms with Gasteiger partial charge in [-0.3, -0.25) is 14.4 Å². The second-order valence-electron chi connectivity index (χ2n) is 8.29. The minimum atomic E-state index is -0.787. The standard InChI is InChI=1S/C13H18O2.C9H10N2O4.C7H7F/c1-4-13(14)15-11(3)9-12-7-5-10(2)6-8-12;1-5(12)15-8-6(14-2)3-4-11-7(8)9(10)13;1-6-3-2-4-7(8)5-6/h5-8,11H,4,9H2,1-3H3;3-4H,1-2H3,(H2,10,13);2-5H,1H3. The molecule has 8 nitrogen and oxygen atoms in total. The maximum absolute atomic E-state index is 12.2. The number of benzene rings is 2. The van der Waals surface area contributed by atoms with E-state index in [2.05, 4.69) is 36.2 Å². The van der Waals surface area contributed by atoms with Gasteiger partial charge in [-0.2, -0.15) is 0 Å². The number of aryl methyl sites for hydroxylation is 2. The quantitative estimate of drug-likeness (QED) is 0.424. The fourth-order valence-corrected chi connectivity index (χ4v) is 3.02. The van der Waals surface area contributed by atoms with E-state index < -0.39 is 11.9 Å². The molecule has 3 rings (SSSR count). The van der Waals surface area contributed by atoms with Crippen molar-refractivity contribution in [1.82, 2.24) is 4.98 Å². The molecular weight excluding hydrogens is 491 g/mol. The molecule has 204 valence electrons. The van der Waals surface area contributed by atoms with E-state index in [1.165, 1.54) is 49.6 Å². The molecular formula is C29H35FN2O6. The number of carbonyl (C=O) groups is 3. The lowest BCUT2D eigenvalue weighted by Gasteiger charge is -2.12. The zero-order valence-corrected chi connectivity index (χ0v) is 22.6. The first-order chi connectivity index (χ1) is 18.0. The number of amides is 1. The van der Waals surface area contributed by atoms with Crippen molar-refractivity contribution < 1.29 is 33.0 Å². The van der Waals surface area contributed by atoms with Gasteiger partial charge in [0, 0.05) is 32.0 Å². The summed E-state index contributed by atoms with van der Waals surface area (Å²) in [5.41, 5.74) is 8.35. The number of nitrogens with zero attached hydrogens (tertiary/aromatic N) is 1. The summed E-state index contributed by atoms with van der Waals surface area (Å²) in [5, 5.41) is 0. The predicted molar refractivity (Wildman–Crippen MR) is 142 cm³/mol. The van der Waals surface area contributed by atoms with Crippen molar-refractivity contribution in [3.05, 3.63) is 89.0 Å². The summed E-state index contributed by atoms with van der Waals surface area (Å²) in [6.07, 6.45) is 2.52.